The number of thioether (sulfide) groups is 1. The maximum atomic E-state index is 11.1. The number of primary amides is 1. The number of amides is 1. The quantitative estimate of drug-likeness (QED) is 0.685. The molecule has 0 fully saturated rings. The molecule has 1 amide bonds. The topological polar surface area (TPSA) is 92.9 Å². The highest BCUT2D eigenvalue weighted by atomic mass is 32.2. The highest BCUT2D eigenvalue weighted by Gasteiger charge is 2.26. The van der Waals surface area contributed by atoms with Gasteiger partial charge in [-0.2, -0.15) is 0 Å². The first kappa shape index (κ1) is 10.4. The van der Waals surface area contributed by atoms with Crippen molar-refractivity contribution in [1.82, 2.24) is 4.90 Å². The Morgan fingerprint density at radius 2 is 2.54 bits per heavy atom. The Bertz CT molecular complexity index is 282. The van der Waals surface area contributed by atoms with Crippen LogP contribution in [0.1, 0.15) is 0 Å². The minimum atomic E-state index is -3.91. The number of hydrogen-bond donors (Lipinski definition) is 2. The zero-order chi connectivity index (χ0) is 9.90. The molecule has 0 spiro atoms. The molecule has 1 heterocycles. The van der Waals surface area contributed by atoms with Crippen molar-refractivity contribution in [3.8, 4) is 0 Å². The van der Waals surface area contributed by atoms with Crippen LogP contribution in [0.4, 0.5) is 4.79 Å². The normalized spacial score (nSPS) is 19.9. The molecule has 0 aromatic carbocycles. The Balaban J connectivity index is 2.45. The molecule has 0 aliphatic carbocycles. The lowest BCUT2D eigenvalue weighted by Crippen LogP contribution is -2.19. The molecule has 3 N–H and O–H groups in total. The van der Waals surface area contributed by atoms with Gasteiger partial charge in [-0.25, -0.2) is 9.36 Å². The first-order chi connectivity index (χ1) is 5.99. The molecular weight excluding hydrogens is 215 g/mol. The average molecular weight is 224 g/mol. The predicted molar refractivity (Wildman–Crippen MR) is 48.8 cm³/mol. The second-order valence-corrected chi connectivity index (χ2v) is 4.96. The van der Waals surface area contributed by atoms with Gasteiger partial charge >= 0.3 is 13.7 Å². The summed E-state index contributed by atoms with van der Waals surface area (Å²) in [5, 5.41) is 1.78. The van der Waals surface area contributed by atoms with Gasteiger partial charge in [-0.1, -0.05) is 0 Å². The summed E-state index contributed by atoms with van der Waals surface area (Å²) in [6.07, 6.45) is 0.193. The number of hydrogen-bond acceptors (Lipinski definition) is 5. The lowest BCUT2D eigenvalue weighted by atomic mass is 10.9. The Kier molecular flexibility index (Phi) is 3.24. The Morgan fingerprint density at radius 3 is 3.00 bits per heavy atom. The fourth-order valence-electron chi connectivity index (χ4n) is 0.798. The van der Waals surface area contributed by atoms with E-state index in [2.05, 4.69) is 10.3 Å². The van der Waals surface area contributed by atoms with Gasteiger partial charge in [0.1, 0.15) is 6.29 Å². The van der Waals surface area contributed by atoms with Crippen LogP contribution in [0.25, 0.3) is 0 Å². The van der Waals surface area contributed by atoms with Crippen LogP contribution >= 0.6 is 19.4 Å². The molecule has 1 atom stereocenters. The fourth-order valence-corrected chi connectivity index (χ4v) is 2.64. The minimum Gasteiger partial charge on any atom is -0.374 e. The van der Waals surface area contributed by atoms with Crippen LogP contribution < -0.4 is 5.73 Å². The van der Waals surface area contributed by atoms with Crippen molar-refractivity contribution >= 4 is 25.5 Å². The summed E-state index contributed by atoms with van der Waals surface area (Å²) < 4.78 is 15.2. The van der Waals surface area contributed by atoms with E-state index < -0.39 is 13.7 Å². The first-order valence-electron chi connectivity index (χ1n) is 3.33. The molecule has 0 radical (unpaired) electrons. The van der Waals surface area contributed by atoms with E-state index in [-0.39, 0.29) is 6.29 Å². The van der Waals surface area contributed by atoms with E-state index in [0.717, 1.165) is 0 Å². The summed E-state index contributed by atoms with van der Waals surface area (Å²) in [7, 11) is -3.91. The van der Waals surface area contributed by atoms with Crippen molar-refractivity contribution in [2.24, 2.45) is 5.73 Å². The number of nitrogens with zero attached hydrogens (tertiary/aromatic N) is 1. The standard InChI is InChI=1S/C5H9N2O4PS/c6-5(8)11-12(9,10)3-7-1-2-13-4-7/h1-2H,3-4H2,(H2,6,8)(H,9,10). The zero-order valence-corrected chi connectivity index (χ0v) is 8.33. The van der Waals surface area contributed by atoms with Crippen molar-refractivity contribution in [3.05, 3.63) is 11.6 Å². The molecule has 13 heavy (non-hydrogen) atoms. The van der Waals surface area contributed by atoms with Crippen LogP contribution in [0.15, 0.2) is 11.6 Å². The van der Waals surface area contributed by atoms with Crippen LogP contribution in [0.3, 0.4) is 0 Å². The van der Waals surface area contributed by atoms with Crippen molar-refractivity contribution in [1.29, 1.82) is 0 Å². The number of nitrogens with two attached hydrogens (primary N) is 1. The molecule has 1 unspecified atom stereocenters. The smallest absolute Gasteiger partial charge is 0.374 e. The molecule has 1 rings (SSSR count). The largest absolute Gasteiger partial charge is 0.411 e. The van der Waals surface area contributed by atoms with Gasteiger partial charge in [0.25, 0.3) is 0 Å². The maximum Gasteiger partial charge on any atom is 0.411 e. The van der Waals surface area contributed by atoms with Crippen molar-refractivity contribution in [2.75, 3.05) is 12.2 Å². The van der Waals surface area contributed by atoms with Crippen molar-refractivity contribution < 1.29 is 18.8 Å². The van der Waals surface area contributed by atoms with E-state index in [1.165, 1.54) is 11.8 Å². The second-order valence-electron chi connectivity index (χ2n) is 2.36. The summed E-state index contributed by atoms with van der Waals surface area (Å²) in [6.45, 7) is 0. The van der Waals surface area contributed by atoms with Crippen LogP contribution in [0, 0.1) is 0 Å². The molecule has 0 saturated carbocycles. The van der Waals surface area contributed by atoms with E-state index in [1.807, 2.05) is 0 Å². The summed E-state index contributed by atoms with van der Waals surface area (Å²) in [4.78, 5) is 20.9. The molecular formula is C5H9N2O4PS. The minimum absolute atomic E-state index is 0.223. The van der Waals surface area contributed by atoms with Crippen LogP contribution in [-0.4, -0.2) is 28.0 Å². The number of rotatable bonds is 3. The van der Waals surface area contributed by atoms with Crippen LogP contribution in [0.5, 0.6) is 0 Å². The third-order valence-electron chi connectivity index (χ3n) is 1.20. The maximum absolute atomic E-state index is 11.1. The van der Waals surface area contributed by atoms with Gasteiger partial charge in [-0.05, 0) is 5.41 Å². The fraction of sp³-hybridized carbons (Fsp3) is 0.400. The Morgan fingerprint density at radius 1 is 1.85 bits per heavy atom. The molecule has 74 valence electrons. The van der Waals surface area contributed by atoms with Crippen molar-refractivity contribution in [3.63, 3.8) is 0 Å². The lowest BCUT2D eigenvalue weighted by Gasteiger charge is -2.17. The van der Waals surface area contributed by atoms with E-state index in [4.69, 9.17) is 4.89 Å². The molecule has 0 aromatic heterocycles. The van der Waals surface area contributed by atoms with Crippen molar-refractivity contribution in [2.45, 2.75) is 0 Å². The highest BCUT2D eigenvalue weighted by Crippen LogP contribution is 2.43. The van der Waals surface area contributed by atoms with Gasteiger partial charge in [0.15, 0.2) is 0 Å². The van der Waals surface area contributed by atoms with Crippen LogP contribution in [-0.2, 0) is 9.09 Å². The first-order valence-corrected chi connectivity index (χ1v) is 6.14. The summed E-state index contributed by atoms with van der Waals surface area (Å²) >= 11 is 1.48. The van der Waals surface area contributed by atoms with Gasteiger partial charge in [0.05, 0.1) is 5.88 Å². The second kappa shape index (κ2) is 4.04. The van der Waals surface area contributed by atoms with Gasteiger partial charge in [-0.15, -0.1) is 11.8 Å². The van der Waals surface area contributed by atoms with Gasteiger partial charge < -0.3 is 20.1 Å². The number of carbonyl (C=O) groups excluding carboxylic acids is 1. The molecule has 1 aliphatic rings. The third kappa shape index (κ3) is 3.71. The summed E-state index contributed by atoms with van der Waals surface area (Å²) in [5.74, 6) is 0.576. The van der Waals surface area contributed by atoms with Gasteiger partial charge in [0.2, 0.25) is 0 Å². The predicted octanol–water partition coefficient (Wildman–Crippen LogP) is 0.702. The molecule has 0 aromatic rings. The summed E-state index contributed by atoms with van der Waals surface area (Å²) in [5.41, 5.74) is 4.62. The molecule has 0 saturated heterocycles. The monoisotopic (exact) mass is 224 g/mol. The van der Waals surface area contributed by atoms with E-state index in [0.29, 0.717) is 5.88 Å². The van der Waals surface area contributed by atoms with E-state index >= 15 is 0 Å². The van der Waals surface area contributed by atoms with E-state index in [1.54, 1.807) is 16.5 Å². The molecule has 8 heteroatoms. The van der Waals surface area contributed by atoms with Crippen LogP contribution in [0.2, 0.25) is 0 Å². The summed E-state index contributed by atoms with van der Waals surface area (Å²) in [6, 6.07) is 0. The Labute approximate surface area is 79.3 Å². The third-order valence-corrected chi connectivity index (χ3v) is 3.18. The molecule has 1 aliphatic heterocycles. The SMILES string of the molecule is NC(=O)OP(=O)(O)CN1C=CSC1. The molecule has 6 nitrogen and oxygen atoms in total. The van der Waals surface area contributed by atoms with Gasteiger partial charge in [-0.3, -0.25) is 0 Å². The average Bonchev–Trinajstić information content (AvgIpc) is 2.34. The number of carbonyl (C=O) groups is 1. The lowest BCUT2D eigenvalue weighted by molar-refractivity contribution is 0.201. The molecule has 0 bridgehead atoms. The highest BCUT2D eigenvalue weighted by molar-refractivity contribution is 8.02. The zero-order valence-electron chi connectivity index (χ0n) is 6.62. The van der Waals surface area contributed by atoms with E-state index in [9.17, 15) is 9.36 Å². The Hall–Kier alpha value is -0.650. The van der Waals surface area contributed by atoms with Gasteiger partial charge in [0, 0.05) is 6.20 Å².